The van der Waals surface area contributed by atoms with E-state index >= 15 is 0 Å². The molecule has 4 rings (SSSR count). The molecule has 6 heteroatoms. The van der Waals surface area contributed by atoms with Crippen LogP contribution in [0.4, 0.5) is 0 Å². The Morgan fingerprint density at radius 1 is 1.16 bits per heavy atom. The van der Waals surface area contributed by atoms with Gasteiger partial charge in [-0.05, 0) is 36.8 Å². The van der Waals surface area contributed by atoms with E-state index in [2.05, 4.69) is 10.3 Å². The third-order valence-corrected chi connectivity index (χ3v) is 4.73. The fourth-order valence-electron chi connectivity index (χ4n) is 2.62. The maximum absolute atomic E-state index is 12.3. The molecule has 0 radical (unpaired) electrons. The molecular formula is C19H16N2O3S. The predicted molar refractivity (Wildman–Crippen MR) is 96.0 cm³/mol. The van der Waals surface area contributed by atoms with Gasteiger partial charge in [-0.3, -0.25) is 4.79 Å². The second-order valence-electron chi connectivity index (χ2n) is 5.70. The van der Waals surface area contributed by atoms with Gasteiger partial charge in [-0.2, -0.15) is 0 Å². The van der Waals surface area contributed by atoms with Gasteiger partial charge in [0.05, 0.1) is 10.7 Å². The van der Waals surface area contributed by atoms with Crippen molar-refractivity contribution in [3.63, 3.8) is 0 Å². The minimum absolute atomic E-state index is 0.112. The molecule has 1 N–H and O–H groups in total. The fraction of sp³-hybridized carbons (Fsp3) is 0.158. The monoisotopic (exact) mass is 352 g/mol. The first-order valence-corrected chi connectivity index (χ1v) is 8.76. The second kappa shape index (κ2) is 6.57. The van der Waals surface area contributed by atoms with Crippen molar-refractivity contribution >= 4 is 17.2 Å². The molecule has 0 spiro atoms. The third kappa shape index (κ3) is 3.34. The summed E-state index contributed by atoms with van der Waals surface area (Å²) in [5.74, 6) is 1.34. The first-order chi connectivity index (χ1) is 12.2. The first kappa shape index (κ1) is 15.7. The summed E-state index contributed by atoms with van der Waals surface area (Å²) < 4.78 is 10.6. The van der Waals surface area contributed by atoms with Gasteiger partial charge in [-0.15, -0.1) is 11.3 Å². The van der Waals surface area contributed by atoms with Crippen molar-refractivity contribution in [1.82, 2.24) is 10.3 Å². The van der Waals surface area contributed by atoms with Crippen molar-refractivity contribution in [3.8, 4) is 22.8 Å². The van der Waals surface area contributed by atoms with Gasteiger partial charge in [-0.1, -0.05) is 18.2 Å². The molecule has 1 aromatic heterocycles. The van der Waals surface area contributed by atoms with Gasteiger partial charge in [0, 0.05) is 23.1 Å². The van der Waals surface area contributed by atoms with Crippen molar-refractivity contribution in [1.29, 1.82) is 0 Å². The Hall–Kier alpha value is -2.86. The van der Waals surface area contributed by atoms with Crippen LogP contribution >= 0.6 is 11.3 Å². The van der Waals surface area contributed by atoms with Crippen molar-refractivity contribution in [2.75, 3.05) is 6.79 Å². The lowest BCUT2D eigenvalue weighted by Crippen LogP contribution is -2.22. The van der Waals surface area contributed by atoms with Crippen molar-refractivity contribution in [2.45, 2.75) is 13.5 Å². The summed E-state index contributed by atoms with van der Waals surface area (Å²) in [6, 6.07) is 13.1. The number of carbonyl (C=O) groups is 1. The van der Waals surface area contributed by atoms with Crippen LogP contribution in [0.25, 0.3) is 11.3 Å². The van der Waals surface area contributed by atoms with Gasteiger partial charge >= 0.3 is 0 Å². The molecule has 25 heavy (non-hydrogen) atoms. The number of amides is 1. The molecule has 0 aliphatic carbocycles. The summed E-state index contributed by atoms with van der Waals surface area (Å²) in [5.41, 5.74) is 3.54. The largest absolute Gasteiger partial charge is 0.454 e. The molecule has 1 aliphatic rings. The van der Waals surface area contributed by atoms with E-state index in [0.717, 1.165) is 33.3 Å². The van der Waals surface area contributed by atoms with Gasteiger partial charge in [0.2, 0.25) is 6.79 Å². The summed E-state index contributed by atoms with van der Waals surface area (Å²) in [6.07, 6.45) is 0. The molecule has 1 aliphatic heterocycles. The van der Waals surface area contributed by atoms with Crippen LogP contribution in [-0.2, 0) is 6.54 Å². The van der Waals surface area contributed by atoms with E-state index in [1.165, 1.54) is 0 Å². The molecule has 0 saturated heterocycles. The van der Waals surface area contributed by atoms with Crippen LogP contribution in [0.5, 0.6) is 11.5 Å². The van der Waals surface area contributed by atoms with Crippen molar-refractivity contribution in [2.24, 2.45) is 0 Å². The number of hydrogen-bond donors (Lipinski definition) is 1. The smallest absolute Gasteiger partial charge is 0.251 e. The topological polar surface area (TPSA) is 60.5 Å². The highest BCUT2D eigenvalue weighted by Crippen LogP contribution is 2.32. The Labute approximate surface area is 149 Å². The van der Waals surface area contributed by atoms with Crippen molar-refractivity contribution < 1.29 is 14.3 Å². The highest BCUT2D eigenvalue weighted by Gasteiger charge is 2.13. The molecule has 0 unspecified atom stereocenters. The lowest BCUT2D eigenvalue weighted by molar-refractivity contribution is 0.0951. The van der Waals surface area contributed by atoms with Gasteiger partial charge in [0.15, 0.2) is 11.5 Å². The normalized spacial score (nSPS) is 12.2. The Balaban J connectivity index is 1.41. The van der Waals surface area contributed by atoms with Gasteiger partial charge < -0.3 is 14.8 Å². The Kier molecular flexibility index (Phi) is 4.11. The average molecular weight is 352 g/mol. The minimum Gasteiger partial charge on any atom is -0.454 e. The molecule has 3 aromatic rings. The molecule has 0 atom stereocenters. The SMILES string of the molecule is Cc1nc(-c2ccc(C(=O)NCc3ccc4c(c3)OCO4)cc2)cs1. The van der Waals surface area contributed by atoms with Crippen LogP contribution in [0.2, 0.25) is 0 Å². The van der Waals surface area contributed by atoms with E-state index in [0.29, 0.717) is 12.1 Å². The number of hydrogen-bond acceptors (Lipinski definition) is 5. The van der Waals surface area contributed by atoms with E-state index in [4.69, 9.17) is 9.47 Å². The molecule has 2 aromatic carbocycles. The highest BCUT2D eigenvalue weighted by molar-refractivity contribution is 7.09. The molecule has 1 amide bonds. The van der Waals surface area contributed by atoms with Crippen LogP contribution in [0.3, 0.4) is 0 Å². The molecular weight excluding hydrogens is 336 g/mol. The number of fused-ring (bicyclic) bond motifs is 1. The molecule has 0 fully saturated rings. The Morgan fingerprint density at radius 3 is 2.72 bits per heavy atom. The number of benzene rings is 2. The Bertz CT molecular complexity index is 919. The molecule has 0 bridgehead atoms. The zero-order valence-electron chi connectivity index (χ0n) is 13.6. The van der Waals surface area contributed by atoms with Gasteiger partial charge in [-0.25, -0.2) is 4.98 Å². The maximum Gasteiger partial charge on any atom is 0.251 e. The van der Waals surface area contributed by atoms with E-state index in [1.807, 2.05) is 54.8 Å². The van der Waals surface area contributed by atoms with Crippen LogP contribution in [0.1, 0.15) is 20.9 Å². The van der Waals surface area contributed by atoms with Crippen LogP contribution in [0, 0.1) is 6.92 Å². The van der Waals surface area contributed by atoms with Crippen LogP contribution in [-0.4, -0.2) is 17.7 Å². The van der Waals surface area contributed by atoms with Crippen molar-refractivity contribution in [3.05, 3.63) is 64.0 Å². The number of aryl methyl sites for hydroxylation is 1. The number of ether oxygens (including phenoxy) is 2. The summed E-state index contributed by atoms with van der Waals surface area (Å²) >= 11 is 1.61. The predicted octanol–water partition coefficient (Wildman–Crippen LogP) is 3.78. The average Bonchev–Trinajstić information content (AvgIpc) is 3.28. The Morgan fingerprint density at radius 2 is 1.96 bits per heavy atom. The lowest BCUT2D eigenvalue weighted by Gasteiger charge is -2.07. The van der Waals surface area contributed by atoms with Gasteiger partial charge in [0.25, 0.3) is 5.91 Å². The third-order valence-electron chi connectivity index (χ3n) is 3.95. The zero-order chi connectivity index (χ0) is 17.2. The van der Waals surface area contributed by atoms with Crippen LogP contribution < -0.4 is 14.8 Å². The van der Waals surface area contributed by atoms with E-state index in [9.17, 15) is 4.79 Å². The molecule has 5 nitrogen and oxygen atoms in total. The van der Waals surface area contributed by atoms with E-state index < -0.39 is 0 Å². The standard InChI is InChI=1S/C19H16N2O3S/c1-12-21-16(10-25-12)14-3-5-15(6-4-14)19(22)20-9-13-2-7-17-18(8-13)24-11-23-17/h2-8,10H,9,11H2,1H3,(H,20,22). The second-order valence-corrected chi connectivity index (χ2v) is 6.76. The maximum atomic E-state index is 12.3. The highest BCUT2D eigenvalue weighted by atomic mass is 32.1. The minimum atomic E-state index is -0.112. The fourth-order valence-corrected chi connectivity index (χ4v) is 3.25. The quantitative estimate of drug-likeness (QED) is 0.776. The summed E-state index contributed by atoms with van der Waals surface area (Å²) in [6.45, 7) is 2.66. The number of aromatic nitrogens is 1. The molecule has 126 valence electrons. The number of carbonyl (C=O) groups excluding carboxylic acids is 1. The lowest BCUT2D eigenvalue weighted by atomic mass is 10.1. The summed E-state index contributed by atoms with van der Waals surface area (Å²) in [4.78, 5) is 16.8. The summed E-state index contributed by atoms with van der Waals surface area (Å²) in [5, 5.41) is 5.97. The van der Waals surface area contributed by atoms with Gasteiger partial charge in [0.1, 0.15) is 0 Å². The molecule has 2 heterocycles. The number of nitrogens with zero attached hydrogens (tertiary/aromatic N) is 1. The van der Waals surface area contributed by atoms with E-state index in [1.54, 1.807) is 11.3 Å². The first-order valence-electron chi connectivity index (χ1n) is 7.88. The molecule has 0 saturated carbocycles. The summed E-state index contributed by atoms with van der Waals surface area (Å²) in [7, 11) is 0. The number of thiazole rings is 1. The number of rotatable bonds is 4. The number of nitrogens with one attached hydrogen (secondary N) is 1. The van der Waals surface area contributed by atoms with Crippen LogP contribution in [0.15, 0.2) is 47.8 Å². The van der Waals surface area contributed by atoms with E-state index in [-0.39, 0.29) is 12.7 Å². The zero-order valence-corrected chi connectivity index (χ0v) is 14.4.